The number of hydrogen-bond acceptors (Lipinski definition) is 2. The van der Waals surface area contributed by atoms with Crippen LogP contribution in [0, 0.1) is 6.92 Å². The van der Waals surface area contributed by atoms with Gasteiger partial charge in [0, 0.05) is 6.54 Å². The van der Waals surface area contributed by atoms with Gasteiger partial charge in [0.05, 0.1) is 4.90 Å². The topological polar surface area (TPSA) is 46.2 Å². The van der Waals surface area contributed by atoms with Crippen molar-refractivity contribution in [2.45, 2.75) is 18.2 Å². The summed E-state index contributed by atoms with van der Waals surface area (Å²) in [5, 5.41) is 0. The predicted molar refractivity (Wildman–Crippen MR) is 70.3 cm³/mol. The Labute approximate surface area is 103 Å². The van der Waals surface area contributed by atoms with Crippen molar-refractivity contribution >= 4 is 10.0 Å². The van der Waals surface area contributed by atoms with E-state index in [1.807, 2.05) is 6.92 Å². The summed E-state index contributed by atoms with van der Waals surface area (Å²) < 4.78 is 26.2. The molecule has 17 heavy (non-hydrogen) atoms. The maximum Gasteiger partial charge on any atom is 0.240 e. The average molecular weight is 251 g/mol. The second-order valence-corrected chi connectivity index (χ2v) is 5.59. The number of allylic oxidation sites excluding steroid dienone is 1. The van der Waals surface area contributed by atoms with Crippen LogP contribution in [0.5, 0.6) is 0 Å². The second-order valence-electron chi connectivity index (χ2n) is 3.82. The summed E-state index contributed by atoms with van der Waals surface area (Å²) in [6, 6.07) is 6.74. The quantitative estimate of drug-likeness (QED) is 0.789. The van der Waals surface area contributed by atoms with Crippen LogP contribution in [0.3, 0.4) is 0 Å². The molecular formula is C13H17NO2S. The fourth-order valence-electron chi connectivity index (χ4n) is 1.25. The Hall–Kier alpha value is -1.39. The molecule has 1 aromatic carbocycles. The third-order valence-corrected chi connectivity index (χ3v) is 3.84. The maximum atomic E-state index is 11.8. The first kappa shape index (κ1) is 13.7. The number of hydrogen-bond donors (Lipinski definition) is 1. The lowest BCUT2D eigenvalue weighted by molar-refractivity contribution is 0.582. The van der Waals surface area contributed by atoms with Gasteiger partial charge in [-0.25, -0.2) is 13.1 Å². The Morgan fingerprint density at radius 3 is 2.47 bits per heavy atom. The molecule has 0 aliphatic carbocycles. The van der Waals surface area contributed by atoms with E-state index < -0.39 is 10.0 Å². The van der Waals surface area contributed by atoms with E-state index in [1.54, 1.807) is 30.3 Å². The molecular weight excluding hydrogens is 234 g/mol. The molecule has 1 rings (SSSR count). The van der Waals surface area contributed by atoms with Gasteiger partial charge in [0.15, 0.2) is 0 Å². The number of nitrogens with one attached hydrogen (secondary N) is 1. The molecule has 3 nitrogen and oxygen atoms in total. The fourth-order valence-corrected chi connectivity index (χ4v) is 2.28. The van der Waals surface area contributed by atoms with Crippen LogP contribution >= 0.6 is 0 Å². The summed E-state index contributed by atoms with van der Waals surface area (Å²) in [5.74, 6) is 0. The average Bonchev–Trinajstić information content (AvgIpc) is 2.29. The van der Waals surface area contributed by atoms with Crippen molar-refractivity contribution in [1.29, 1.82) is 0 Å². The molecule has 0 atom stereocenters. The predicted octanol–water partition coefficient (Wildman–Crippen LogP) is 2.41. The van der Waals surface area contributed by atoms with Crippen molar-refractivity contribution in [2.75, 3.05) is 6.54 Å². The van der Waals surface area contributed by atoms with Crippen molar-refractivity contribution in [3.63, 3.8) is 0 Å². The maximum absolute atomic E-state index is 11.8. The van der Waals surface area contributed by atoms with E-state index >= 15 is 0 Å². The molecule has 0 radical (unpaired) electrons. The third kappa shape index (κ3) is 4.17. The van der Waals surface area contributed by atoms with Gasteiger partial charge in [-0.2, -0.15) is 0 Å². The molecule has 0 bridgehead atoms. The van der Waals surface area contributed by atoms with Crippen LogP contribution in [0.25, 0.3) is 0 Å². The van der Waals surface area contributed by atoms with Crippen LogP contribution < -0.4 is 4.72 Å². The van der Waals surface area contributed by atoms with Crippen molar-refractivity contribution < 1.29 is 8.42 Å². The van der Waals surface area contributed by atoms with Gasteiger partial charge in [-0.15, -0.1) is 0 Å². The van der Waals surface area contributed by atoms with Crippen molar-refractivity contribution in [1.82, 2.24) is 4.72 Å². The zero-order chi connectivity index (χ0) is 12.9. The molecule has 0 aromatic heterocycles. The highest BCUT2D eigenvalue weighted by Crippen LogP contribution is 2.10. The number of benzene rings is 1. The van der Waals surface area contributed by atoms with Gasteiger partial charge in [0.1, 0.15) is 0 Å². The lowest BCUT2D eigenvalue weighted by Gasteiger charge is -2.06. The normalized spacial score (nSPS) is 11.1. The summed E-state index contributed by atoms with van der Waals surface area (Å²) in [7, 11) is -3.41. The van der Waals surface area contributed by atoms with E-state index in [0.29, 0.717) is 13.0 Å². The molecule has 0 aliphatic heterocycles. The van der Waals surface area contributed by atoms with Crippen molar-refractivity contribution in [2.24, 2.45) is 0 Å². The molecule has 0 spiro atoms. The number of sulfonamides is 1. The summed E-state index contributed by atoms with van der Waals surface area (Å²) in [4.78, 5) is 0.285. The lowest BCUT2D eigenvalue weighted by atomic mass is 10.2. The molecule has 0 unspecified atom stereocenters. The van der Waals surface area contributed by atoms with E-state index in [4.69, 9.17) is 0 Å². The lowest BCUT2D eigenvalue weighted by Crippen LogP contribution is -2.24. The largest absolute Gasteiger partial charge is 0.240 e. The zero-order valence-corrected chi connectivity index (χ0v) is 10.8. The highest BCUT2D eigenvalue weighted by atomic mass is 32.2. The first-order valence-electron chi connectivity index (χ1n) is 5.32. The van der Waals surface area contributed by atoms with E-state index in [9.17, 15) is 8.42 Å². The molecule has 92 valence electrons. The fraction of sp³-hybridized carbons (Fsp3) is 0.231. The van der Waals surface area contributed by atoms with Gasteiger partial charge in [0.25, 0.3) is 0 Å². The minimum Gasteiger partial charge on any atom is -0.211 e. The molecule has 0 amide bonds. The molecule has 0 saturated heterocycles. The van der Waals surface area contributed by atoms with Gasteiger partial charge < -0.3 is 0 Å². The first-order valence-corrected chi connectivity index (χ1v) is 6.80. The van der Waals surface area contributed by atoms with Crippen molar-refractivity contribution in [3.05, 3.63) is 54.6 Å². The first-order chi connectivity index (χ1) is 7.95. The van der Waals surface area contributed by atoms with Gasteiger partial charge in [-0.1, -0.05) is 42.5 Å². The smallest absolute Gasteiger partial charge is 0.211 e. The monoisotopic (exact) mass is 251 g/mol. The Kier molecular flexibility index (Phi) is 4.66. The molecule has 4 heteroatoms. The summed E-state index contributed by atoms with van der Waals surface area (Å²) >= 11 is 0. The van der Waals surface area contributed by atoms with Crippen LogP contribution in [0.15, 0.2) is 54.0 Å². The minimum absolute atomic E-state index is 0.285. The standard InChI is InChI=1S/C13H17NO2S/c1-4-11(2)9-10-14-17(15,16)13-7-5-12(3)6-8-13/h4-8,14H,1-2,9-10H2,3H3. The van der Waals surface area contributed by atoms with E-state index in [0.717, 1.165) is 11.1 Å². The highest BCUT2D eigenvalue weighted by Gasteiger charge is 2.12. The molecule has 1 N–H and O–H groups in total. The number of aryl methyl sites for hydroxylation is 1. The Balaban J connectivity index is 2.66. The SMILES string of the molecule is C=CC(=C)CCNS(=O)(=O)c1ccc(C)cc1. The highest BCUT2D eigenvalue weighted by molar-refractivity contribution is 7.89. The van der Waals surface area contributed by atoms with Gasteiger partial charge in [-0.3, -0.25) is 0 Å². The van der Waals surface area contributed by atoms with Crippen LogP contribution in [0.4, 0.5) is 0 Å². The summed E-state index contributed by atoms with van der Waals surface area (Å²) in [5.41, 5.74) is 1.85. The van der Waals surface area contributed by atoms with Gasteiger partial charge in [-0.05, 0) is 25.5 Å². The van der Waals surface area contributed by atoms with Crippen molar-refractivity contribution in [3.8, 4) is 0 Å². The summed E-state index contributed by atoms with van der Waals surface area (Å²) in [6.45, 7) is 9.54. The molecule has 1 aromatic rings. The van der Waals surface area contributed by atoms with E-state index in [-0.39, 0.29) is 4.90 Å². The molecule has 0 heterocycles. The Morgan fingerprint density at radius 1 is 1.35 bits per heavy atom. The molecule has 0 aliphatic rings. The van der Waals surface area contributed by atoms with Crippen LogP contribution in [0.1, 0.15) is 12.0 Å². The van der Waals surface area contributed by atoms with Gasteiger partial charge in [0.2, 0.25) is 10.0 Å². The molecule has 0 fully saturated rings. The zero-order valence-electron chi connectivity index (χ0n) is 9.94. The van der Waals surface area contributed by atoms with E-state index in [2.05, 4.69) is 17.9 Å². The van der Waals surface area contributed by atoms with Crippen LogP contribution in [-0.4, -0.2) is 15.0 Å². The Morgan fingerprint density at radius 2 is 1.94 bits per heavy atom. The van der Waals surface area contributed by atoms with Gasteiger partial charge >= 0.3 is 0 Å². The van der Waals surface area contributed by atoms with Crippen LogP contribution in [0.2, 0.25) is 0 Å². The number of rotatable bonds is 6. The third-order valence-electron chi connectivity index (χ3n) is 2.36. The summed E-state index contributed by atoms with van der Waals surface area (Å²) in [6.07, 6.45) is 2.19. The second kappa shape index (κ2) is 5.80. The Bertz CT molecular complexity index is 501. The minimum atomic E-state index is -3.41. The van der Waals surface area contributed by atoms with Crippen LogP contribution in [-0.2, 0) is 10.0 Å². The molecule has 0 saturated carbocycles. The van der Waals surface area contributed by atoms with E-state index in [1.165, 1.54) is 0 Å².